The molecular formula is C32H38O14. The Morgan fingerprint density at radius 1 is 0.804 bits per heavy atom. The molecule has 2 aliphatic rings. The van der Waals surface area contributed by atoms with Crippen LogP contribution >= 0.6 is 0 Å². The van der Waals surface area contributed by atoms with Gasteiger partial charge in [0.15, 0.2) is 5.76 Å². The van der Waals surface area contributed by atoms with E-state index in [1.807, 2.05) is 13.8 Å². The van der Waals surface area contributed by atoms with E-state index in [-0.39, 0.29) is 45.8 Å². The van der Waals surface area contributed by atoms with E-state index in [1.165, 1.54) is 38.1 Å². The molecule has 14 nitrogen and oxygen atoms in total. The molecule has 0 bridgehead atoms. The number of rotatable bonds is 7. The van der Waals surface area contributed by atoms with Crippen molar-refractivity contribution < 1.29 is 64.2 Å². The fourth-order valence-corrected chi connectivity index (χ4v) is 5.34. The third-order valence-corrected chi connectivity index (χ3v) is 8.10. The molecule has 8 N–H and O–H groups in total. The van der Waals surface area contributed by atoms with Crippen molar-refractivity contribution in [2.75, 3.05) is 0 Å². The van der Waals surface area contributed by atoms with Crippen molar-refractivity contribution >= 4 is 11.0 Å². The number of hydrogen-bond donors (Lipinski definition) is 8. The summed E-state index contributed by atoms with van der Waals surface area (Å²) in [5.74, 6) is -1.47. The van der Waals surface area contributed by atoms with Gasteiger partial charge in [-0.15, -0.1) is 0 Å². The lowest BCUT2D eigenvalue weighted by atomic mass is 9.99. The number of phenols is 2. The lowest BCUT2D eigenvalue weighted by molar-refractivity contribution is -0.268. The van der Waals surface area contributed by atoms with Gasteiger partial charge in [0.25, 0.3) is 0 Å². The van der Waals surface area contributed by atoms with Crippen molar-refractivity contribution in [1.29, 1.82) is 0 Å². The summed E-state index contributed by atoms with van der Waals surface area (Å²) in [5.41, 5.74) is 0.329. The van der Waals surface area contributed by atoms with Crippen LogP contribution in [0, 0.1) is 0 Å². The van der Waals surface area contributed by atoms with Gasteiger partial charge in [-0.3, -0.25) is 4.79 Å². The summed E-state index contributed by atoms with van der Waals surface area (Å²) < 4.78 is 29.2. The van der Waals surface area contributed by atoms with Crippen molar-refractivity contribution in [1.82, 2.24) is 0 Å². The number of phenolic OH excluding ortho intramolecular Hbond substituents is 2. The molecule has 10 atom stereocenters. The van der Waals surface area contributed by atoms with Crippen molar-refractivity contribution in [3.8, 4) is 34.3 Å². The molecule has 2 aliphatic heterocycles. The Labute approximate surface area is 262 Å². The van der Waals surface area contributed by atoms with E-state index in [4.69, 9.17) is 23.4 Å². The van der Waals surface area contributed by atoms with Crippen molar-refractivity contribution in [2.24, 2.45) is 0 Å². The molecule has 250 valence electrons. The average molecular weight is 647 g/mol. The molecule has 0 unspecified atom stereocenters. The van der Waals surface area contributed by atoms with E-state index in [0.717, 1.165) is 11.6 Å². The summed E-state index contributed by atoms with van der Waals surface area (Å²) >= 11 is 0. The Morgan fingerprint density at radius 3 is 1.89 bits per heavy atom. The van der Waals surface area contributed by atoms with E-state index in [1.54, 1.807) is 6.08 Å². The minimum absolute atomic E-state index is 0.0622. The largest absolute Gasteiger partial charge is 0.508 e. The Hall–Kier alpha value is -3.73. The zero-order valence-electron chi connectivity index (χ0n) is 25.5. The fraction of sp³-hybridized carbons (Fsp3) is 0.469. The number of fused-ring (bicyclic) bond motifs is 1. The highest BCUT2D eigenvalue weighted by atomic mass is 16.7. The van der Waals surface area contributed by atoms with Crippen molar-refractivity contribution in [3.05, 3.63) is 57.8 Å². The number of hydrogen-bond acceptors (Lipinski definition) is 14. The topological polar surface area (TPSA) is 229 Å². The van der Waals surface area contributed by atoms with Gasteiger partial charge in [-0.2, -0.15) is 0 Å². The lowest BCUT2D eigenvalue weighted by Crippen LogP contribution is -2.58. The molecule has 2 aromatic carbocycles. The third-order valence-electron chi connectivity index (χ3n) is 8.10. The molecular weight excluding hydrogens is 608 g/mol. The van der Waals surface area contributed by atoms with E-state index in [2.05, 4.69) is 0 Å². The number of aromatic hydroxyl groups is 2. The number of allylic oxidation sites excluding steroid dienone is 2. The number of aliphatic hydroxyl groups excluding tert-OH is 6. The zero-order valence-corrected chi connectivity index (χ0v) is 25.5. The predicted octanol–water partition coefficient (Wildman–Crippen LogP) is 0.792. The first-order valence-corrected chi connectivity index (χ1v) is 14.7. The van der Waals surface area contributed by atoms with E-state index in [9.17, 15) is 45.6 Å². The maximum atomic E-state index is 14.2. The van der Waals surface area contributed by atoms with Gasteiger partial charge in [-0.05, 0) is 58.4 Å². The highest BCUT2D eigenvalue weighted by Gasteiger charge is 2.45. The van der Waals surface area contributed by atoms with Crippen LogP contribution in [0.3, 0.4) is 0 Å². The van der Waals surface area contributed by atoms with Gasteiger partial charge in [0.2, 0.25) is 23.8 Å². The van der Waals surface area contributed by atoms with Gasteiger partial charge < -0.3 is 64.2 Å². The van der Waals surface area contributed by atoms with E-state index < -0.39 is 78.3 Å². The van der Waals surface area contributed by atoms with Gasteiger partial charge in [0.05, 0.1) is 12.2 Å². The van der Waals surface area contributed by atoms with E-state index >= 15 is 0 Å². The van der Waals surface area contributed by atoms with Gasteiger partial charge in [0.1, 0.15) is 64.8 Å². The second-order valence-electron chi connectivity index (χ2n) is 11.8. The number of aliphatic hydroxyl groups is 6. The van der Waals surface area contributed by atoms with Gasteiger partial charge >= 0.3 is 0 Å². The van der Waals surface area contributed by atoms with Crippen LogP contribution in [0.2, 0.25) is 0 Å². The number of ether oxygens (including phenoxy) is 4. The first-order valence-electron chi connectivity index (χ1n) is 14.7. The molecule has 3 aromatic rings. The minimum atomic E-state index is -1.77. The zero-order chi connectivity index (χ0) is 33.6. The SMILES string of the molecule is CC(C)=CCc1c(O[C@@H]2O[C@H](C)[C@H](O)[C@@H](O)[C@H]2O)cc(O)c2c(=O)c(O[C@H]3O[C@@H](C)[C@H](O)[C@@H](O)[C@H]3O)c(-c3ccc(O)cc3)oc12. The third kappa shape index (κ3) is 6.30. The molecule has 3 heterocycles. The Balaban J connectivity index is 1.71. The normalized spacial score (nSPS) is 31.4. The van der Waals surface area contributed by atoms with E-state index in [0.29, 0.717) is 0 Å². The quantitative estimate of drug-likeness (QED) is 0.166. The summed E-state index contributed by atoms with van der Waals surface area (Å²) in [4.78, 5) is 14.2. The molecule has 46 heavy (non-hydrogen) atoms. The van der Waals surface area contributed by atoms with Crippen molar-refractivity contribution in [2.45, 2.75) is 95.5 Å². The molecule has 0 aliphatic carbocycles. The van der Waals surface area contributed by atoms with Gasteiger partial charge in [-0.1, -0.05) is 11.6 Å². The lowest BCUT2D eigenvalue weighted by Gasteiger charge is -2.39. The molecule has 5 rings (SSSR count). The second kappa shape index (κ2) is 13.2. The molecule has 0 saturated carbocycles. The summed E-state index contributed by atoms with van der Waals surface area (Å²) in [5, 5.41) is 82.8. The minimum Gasteiger partial charge on any atom is -0.508 e. The van der Waals surface area contributed by atoms with Crippen LogP contribution in [0.15, 0.2) is 51.2 Å². The molecule has 0 amide bonds. The first-order chi connectivity index (χ1) is 21.7. The second-order valence-corrected chi connectivity index (χ2v) is 11.8. The van der Waals surface area contributed by atoms with Gasteiger partial charge in [-0.25, -0.2) is 0 Å². The van der Waals surface area contributed by atoms with Crippen LogP contribution in [-0.4, -0.2) is 102 Å². The predicted molar refractivity (Wildman–Crippen MR) is 160 cm³/mol. The average Bonchev–Trinajstić information content (AvgIpc) is 3.01. The van der Waals surface area contributed by atoms with Gasteiger partial charge in [0, 0.05) is 17.2 Å². The highest BCUT2D eigenvalue weighted by molar-refractivity contribution is 5.91. The fourth-order valence-electron chi connectivity index (χ4n) is 5.34. The summed E-state index contributed by atoms with van der Waals surface area (Å²) in [7, 11) is 0. The molecule has 14 heteroatoms. The molecule has 0 radical (unpaired) electrons. The Morgan fingerprint density at radius 2 is 1.35 bits per heavy atom. The standard InChI is InChI=1S/C32H38O14/c1-12(2)5-10-17-19(44-31-26(40)24(38)21(35)13(3)42-31)11-18(34)20-23(37)30(46-32-27(41)25(39)22(36)14(4)43-32)28(45-29(17)20)15-6-8-16(33)9-7-15/h5-9,11,13-14,21-22,24-27,31-36,38-41H,10H2,1-4H3/t13-,14+,21+,22+,24-,25-,26-,27-,31+,32-/m1/s1. The van der Waals surface area contributed by atoms with Crippen molar-refractivity contribution in [3.63, 3.8) is 0 Å². The Bertz CT molecular complexity index is 1650. The van der Waals surface area contributed by atoms with Crippen LogP contribution in [0.5, 0.6) is 23.0 Å². The highest BCUT2D eigenvalue weighted by Crippen LogP contribution is 2.41. The molecule has 2 saturated heterocycles. The monoisotopic (exact) mass is 646 g/mol. The maximum Gasteiger partial charge on any atom is 0.239 e. The number of benzene rings is 2. The first kappa shape index (κ1) is 33.6. The maximum absolute atomic E-state index is 14.2. The summed E-state index contributed by atoms with van der Waals surface area (Å²) in [6.45, 7) is 6.59. The smallest absolute Gasteiger partial charge is 0.239 e. The van der Waals surface area contributed by atoms with Crippen LogP contribution in [0.1, 0.15) is 33.3 Å². The summed E-state index contributed by atoms with van der Waals surface area (Å²) in [6, 6.07) is 6.65. The van der Waals surface area contributed by atoms with Crippen LogP contribution in [0.25, 0.3) is 22.3 Å². The molecule has 2 fully saturated rings. The molecule has 0 spiro atoms. The molecule has 1 aromatic heterocycles. The van der Waals surface area contributed by atoms with Crippen LogP contribution in [0.4, 0.5) is 0 Å². The van der Waals surface area contributed by atoms with Crippen LogP contribution in [-0.2, 0) is 15.9 Å². The van der Waals surface area contributed by atoms with Crippen LogP contribution < -0.4 is 14.9 Å². The Kier molecular flexibility index (Phi) is 9.63. The summed E-state index contributed by atoms with van der Waals surface area (Å²) in [6.07, 6.45) is -12.6.